The predicted octanol–water partition coefficient (Wildman–Crippen LogP) is 1.78. The smallest absolute Gasteiger partial charge is 0.193 e. The van der Waals surface area contributed by atoms with Crippen molar-refractivity contribution in [3.8, 4) is 0 Å². The van der Waals surface area contributed by atoms with Gasteiger partial charge in [0.05, 0.1) is 19.8 Å². The van der Waals surface area contributed by atoms with E-state index in [0.717, 1.165) is 51.9 Å². The summed E-state index contributed by atoms with van der Waals surface area (Å²) >= 11 is 0. The van der Waals surface area contributed by atoms with Gasteiger partial charge in [-0.05, 0) is 12.8 Å². The SMILES string of the molecule is CN1CCN=C1NCC1(CN2CCOCC2)CCCCC1.I. The van der Waals surface area contributed by atoms with E-state index in [2.05, 4.69) is 27.2 Å². The lowest BCUT2D eigenvalue weighted by Gasteiger charge is -2.42. The highest BCUT2D eigenvalue weighted by Gasteiger charge is 2.34. The highest BCUT2D eigenvalue weighted by Crippen LogP contribution is 2.36. The molecule has 1 saturated heterocycles. The topological polar surface area (TPSA) is 40.1 Å². The van der Waals surface area contributed by atoms with Crippen LogP contribution in [0.2, 0.25) is 0 Å². The molecule has 5 nitrogen and oxygen atoms in total. The lowest BCUT2D eigenvalue weighted by Crippen LogP contribution is -2.50. The highest BCUT2D eigenvalue weighted by molar-refractivity contribution is 14.0. The number of likely N-dealkylation sites (N-methyl/N-ethyl adjacent to an activating group) is 1. The van der Waals surface area contributed by atoms with E-state index in [4.69, 9.17) is 4.74 Å². The van der Waals surface area contributed by atoms with Crippen LogP contribution in [0.15, 0.2) is 4.99 Å². The first-order valence-corrected chi connectivity index (χ1v) is 8.57. The molecule has 0 atom stereocenters. The minimum Gasteiger partial charge on any atom is -0.379 e. The van der Waals surface area contributed by atoms with Gasteiger partial charge in [-0.2, -0.15) is 0 Å². The number of nitrogens with zero attached hydrogens (tertiary/aromatic N) is 3. The Morgan fingerprint density at radius 1 is 1.14 bits per heavy atom. The van der Waals surface area contributed by atoms with Gasteiger partial charge < -0.3 is 15.0 Å². The van der Waals surface area contributed by atoms with E-state index < -0.39 is 0 Å². The first-order chi connectivity index (χ1) is 10.3. The first-order valence-electron chi connectivity index (χ1n) is 8.57. The molecule has 0 aromatic carbocycles. The van der Waals surface area contributed by atoms with Gasteiger partial charge in [-0.15, -0.1) is 24.0 Å². The molecule has 2 aliphatic heterocycles. The number of morpholine rings is 1. The number of guanidine groups is 1. The van der Waals surface area contributed by atoms with E-state index in [1.54, 1.807) is 0 Å². The molecule has 0 aromatic heterocycles. The average Bonchev–Trinajstić information content (AvgIpc) is 2.93. The number of hydrogen-bond donors (Lipinski definition) is 1. The normalized spacial score (nSPS) is 25.5. The van der Waals surface area contributed by atoms with E-state index in [1.807, 2.05) is 0 Å². The van der Waals surface area contributed by atoms with E-state index >= 15 is 0 Å². The van der Waals surface area contributed by atoms with Crippen molar-refractivity contribution in [2.45, 2.75) is 32.1 Å². The Hall–Kier alpha value is -0.0800. The number of hydrogen-bond acceptors (Lipinski definition) is 5. The fourth-order valence-corrected chi connectivity index (χ4v) is 3.92. The van der Waals surface area contributed by atoms with Gasteiger partial charge in [-0.3, -0.25) is 9.89 Å². The molecule has 2 fully saturated rings. The third kappa shape index (κ3) is 4.71. The molecule has 1 saturated carbocycles. The lowest BCUT2D eigenvalue weighted by atomic mass is 9.73. The van der Waals surface area contributed by atoms with Crippen LogP contribution in [-0.2, 0) is 4.74 Å². The number of nitrogens with one attached hydrogen (secondary N) is 1. The molecule has 1 aliphatic carbocycles. The molecule has 6 heteroatoms. The molecule has 1 N–H and O–H groups in total. The molecular weight excluding hydrogens is 391 g/mol. The Bertz CT molecular complexity index is 365. The molecule has 0 radical (unpaired) electrons. The van der Waals surface area contributed by atoms with E-state index in [0.29, 0.717) is 5.41 Å². The summed E-state index contributed by atoms with van der Waals surface area (Å²) in [4.78, 5) is 9.43. The van der Waals surface area contributed by atoms with Crippen LogP contribution >= 0.6 is 24.0 Å². The van der Waals surface area contributed by atoms with Gasteiger partial charge in [-0.25, -0.2) is 0 Å². The molecule has 3 rings (SSSR count). The molecule has 2 heterocycles. The fourth-order valence-electron chi connectivity index (χ4n) is 3.92. The largest absolute Gasteiger partial charge is 0.379 e. The zero-order chi connectivity index (χ0) is 14.5. The van der Waals surface area contributed by atoms with Crippen molar-refractivity contribution in [1.29, 1.82) is 0 Å². The second-order valence-corrected chi connectivity index (χ2v) is 6.93. The summed E-state index contributed by atoms with van der Waals surface area (Å²) in [5, 5.41) is 3.65. The Balaban J connectivity index is 0.00000176. The van der Waals surface area contributed by atoms with Crippen molar-refractivity contribution in [2.24, 2.45) is 10.4 Å². The van der Waals surface area contributed by atoms with Crippen molar-refractivity contribution in [1.82, 2.24) is 15.1 Å². The van der Waals surface area contributed by atoms with Crippen LogP contribution in [0.25, 0.3) is 0 Å². The van der Waals surface area contributed by atoms with Crippen molar-refractivity contribution < 1.29 is 4.74 Å². The molecule has 3 aliphatic rings. The van der Waals surface area contributed by atoms with Gasteiger partial charge in [0.25, 0.3) is 0 Å². The molecule has 22 heavy (non-hydrogen) atoms. The predicted molar refractivity (Wildman–Crippen MR) is 101 cm³/mol. The maximum Gasteiger partial charge on any atom is 0.193 e. The second kappa shape index (κ2) is 8.68. The third-order valence-electron chi connectivity index (χ3n) is 5.26. The monoisotopic (exact) mass is 422 g/mol. The molecule has 0 bridgehead atoms. The maximum absolute atomic E-state index is 5.49. The first kappa shape index (κ1) is 18.3. The van der Waals surface area contributed by atoms with Gasteiger partial charge in [-0.1, -0.05) is 19.3 Å². The maximum atomic E-state index is 5.49. The summed E-state index contributed by atoms with van der Waals surface area (Å²) in [5.41, 5.74) is 0.432. The Morgan fingerprint density at radius 2 is 1.86 bits per heavy atom. The Morgan fingerprint density at radius 3 is 2.50 bits per heavy atom. The summed E-state index contributed by atoms with van der Waals surface area (Å²) in [7, 11) is 2.13. The minimum atomic E-state index is 0. The summed E-state index contributed by atoms with van der Waals surface area (Å²) < 4.78 is 5.49. The second-order valence-electron chi connectivity index (χ2n) is 6.93. The summed E-state index contributed by atoms with van der Waals surface area (Å²) in [6, 6.07) is 0. The number of halogens is 1. The van der Waals surface area contributed by atoms with Gasteiger partial charge in [0, 0.05) is 45.2 Å². The van der Waals surface area contributed by atoms with Crippen molar-refractivity contribution in [2.75, 3.05) is 59.5 Å². The molecule has 0 aromatic rings. The quantitative estimate of drug-likeness (QED) is 0.702. The summed E-state index contributed by atoms with van der Waals surface area (Å²) in [6.45, 7) is 8.30. The number of rotatable bonds is 4. The van der Waals surface area contributed by atoms with Crippen LogP contribution in [0.5, 0.6) is 0 Å². The van der Waals surface area contributed by atoms with Crippen molar-refractivity contribution >= 4 is 29.9 Å². The fraction of sp³-hybridized carbons (Fsp3) is 0.938. The Labute approximate surface area is 151 Å². The van der Waals surface area contributed by atoms with Gasteiger partial charge in [0.1, 0.15) is 0 Å². The summed E-state index contributed by atoms with van der Waals surface area (Å²) in [5.74, 6) is 1.10. The molecule has 0 unspecified atom stereocenters. The molecular formula is C16H31IN4O. The van der Waals surface area contributed by atoms with Gasteiger partial charge >= 0.3 is 0 Å². The number of ether oxygens (including phenoxy) is 1. The zero-order valence-electron chi connectivity index (χ0n) is 13.9. The zero-order valence-corrected chi connectivity index (χ0v) is 16.2. The average molecular weight is 422 g/mol. The van der Waals surface area contributed by atoms with Crippen LogP contribution < -0.4 is 5.32 Å². The lowest BCUT2D eigenvalue weighted by molar-refractivity contribution is 0.00813. The third-order valence-corrected chi connectivity index (χ3v) is 5.26. The summed E-state index contributed by atoms with van der Waals surface area (Å²) in [6.07, 6.45) is 6.89. The number of aliphatic imine (C=N–C) groups is 1. The van der Waals surface area contributed by atoms with Crippen LogP contribution in [0.4, 0.5) is 0 Å². The van der Waals surface area contributed by atoms with E-state index in [9.17, 15) is 0 Å². The van der Waals surface area contributed by atoms with E-state index in [1.165, 1.54) is 38.6 Å². The van der Waals surface area contributed by atoms with E-state index in [-0.39, 0.29) is 24.0 Å². The van der Waals surface area contributed by atoms with Crippen LogP contribution in [-0.4, -0.2) is 75.3 Å². The molecule has 0 amide bonds. The standard InChI is InChI=1S/C16H30N4O.HI/c1-19-8-7-17-15(19)18-13-16(5-3-2-4-6-16)14-20-9-11-21-12-10-20;/h2-14H2,1H3,(H,17,18);1H. The van der Waals surface area contributed by atoms with Crippen LogP contribution in [0.3, 0.4) is 0 Å². The van der Waals surface area contributed by atoms with Crippen molar-refractivity contribution in [3.05, 3.63) is 0 Å². The Kier molecular flexibility index (Phi) is 7.21. The molecule has 0 spiro atoms. The van der Waals surface area contributed by atoms with Crippen LogP contribution in [0, 0.1) is 5.41 Å². The highest BCUT2D eigenvalue weighted by atomic mass is 127. The van der Waals surface area contributed by atoms with Crippen LogP contribution in [0.1, 0.15) is 32.1 Å². The molecule has 128 valence electrons. The van der Waals surface area contributed by atoms with Gasteiger partial charge in [0.15, 0.2) is 5.96 Å². The van der Waals surface area contributed by atoms with Gasteiger partial charge in [0.2, 0.25) is 0 Å². The van der Waals surface area contributed by atoms with Crippen molar-refractivity contribution in [3.63, 3.8) is 0 Å². The minimum absolute atomic E-state index is 0.